The summed E-state index contributed by atoms with van der Waals surface area (Å²) in [5.41, 5.74) is 9.53. The minimum Gasteiger partial charge on any atom is -0.496 e. The van der Waals surface area contributed by atoms with Crippen molar-refractivity contribution in [2.75, 3.05) is 13.7 Å². The van der Waals surface area contributed by atoms with E-state index in [1.807, 2.05) is 74.5 Å². The fraction of sp³-hybridized carbons (Fsp3) is 0.243. The maximum atomic E-state index is 13.0. The van der Waals surface area contributed by atoms with E-state index in [0.717, 1.165) is 33.4 Å². The van der Waals surface area contributed by atoms with Crippen LogP contribution in [-0.4, -0.2) is 106 Å². The van der Waals surface area contributed by atoms with Crippen LogP contribution in [0.5, 0.6) is 34.5 Å². The molecule has 15 atom stereocenters. The lowest BCUT2D eigenvalue weighted by molar-refractivity contribution is -0.570. The van der Waals surface area contributed by atoms with Gasteiger partial charge in [0.2, 0.25) is 30.5 Å². The maximum absolute atomic E-state index is 13.0. The number of aryl methyl sites for hydroxylation is 2. The van der Waals surface area contributed by atoms with E-state index in [9.17, 15) is 90.8 Å². The number of nitrogens with zero attached hydrogens (tertiary/aromatic N) is 5. The van der Waals surface area contributed by atoms with Gasteiger partial charge < -0.3 is 63.8 Å². The summed E-state index contributed by atoms with van der Waals surface area (Å²) >= 11 is 32.0. The number of para-hydroxylation sites is 5. The number of Topliss-reactive ketones (excluding diaryl/α,β-unsaturated/α-hetero) is 1. The van der Waals surface area contributed by atoms with Crippen molar-refractivity contribution < 1.29 is 98.0 Å². The number of ketones is 1. The number of carbonyl (C=O) groups excluding carboxylic acids is 2. The lowest BCUT2D eigenvalue weighted by atomic mass is 9.86. The highest BCUT2D eigenvalue weighted by molar-refractivity contribution is 6.25. The second-order valence-corrected chi connectivity index (χ2v) is 35.5. The number of halogens is 5. The minimum atomic E-state index is -2.48. The highest BCUT2D eigenvalue weighted by atomic mass is 35.5. The van der Waals surface area contributed by atoms with E-state index < -0.39 is 129 Å². The highest BCUT2D eigenvalue weighted by Gasteiger charge is 2.67. The largest absolute Gasteiger partial charge is 0.496 e. The van der Waals surface area contributed by atoms with Crippen LogP contribution in [0.15, 0.2) is 306 Å². The average molecular weight is 1980 g/mol. The van der Waals surface area contributed by atoms with Crippen LogP contribution >= 0.6 is 58.0 Å². The number of alkyl halides is 5. The molecule has 0 radical (unpaired) electrons. The number of carbonyl (C=O) groups is 2. The van der Waals surface area contributed by atoms with E-state index in [4.69, 9.17) is 91.2 Å². The Labute approximate surface area is 817 Å². The predicted octanol–water partition coefficient (Wildman–Crippen LogP) is 20.1. The SMILES string of the molecule is C=CCc1cccc2c1O[C@@H](c1ccc(C)cc1)[C@](Cl)([N+](=O)[O-])[C@H]2O.C=CCc1cccc2c1O[C@@H](c1ccc(OC)c(C)c1)[C@](Cl)([N+](=O)[O-])[C@H]2O.C=CCc1cccc2c1O[C@@H](c1ccccc1)[C@](Cl)([N+](=O)[O-])[C@H]2O.C=CCc1cccc2c1O[C@@H](c1ccccc1C(=O)CO)[C@](Cl)([N+](=O)[O-])[C@H]2O.C=CCc1cccc2c1O[C@@H](c1ccccc1C(=O)OCc1ccccc1)[C@](Cl)([N+](=O)[O-])[C@H]2O. The molecule has 0 unspecified atom stereocenters. The van der Waals surface area contributed by atoms with E-state index in [2.05, 4.69) is 32.9 Å². The molecule has 0 aromatic heterocycles. The number of fused-ring (bicyclic) bond motifs is 5. The fourth-order valence-corrected chi connectivity index (χ4v) is 18.3. The molecule has 16 rings (SSSR count). The molecule has 5 heterocycles. The first-order valence-electron chi connectivity index (χ1n) is 42.8. The highest BCUT2D eigenvalue weighted by Crippen LogP contribution is 2.59. The standard InChI is InChI=1S/C26H22ClNO6.C20H18ClNO6.C20H20ClNO5.C19H18ClNO4.C18H16ClNO4/c1-2-9-18-12-8-15-21-22(18)34-24(26(27,23(21)29)28(31)32)19-13-6-7-14-20(19)25(30)33-16-17-10-4-3-5-11-17;1-2-6-12-7-5-10-15-17(12)28-19(20(21,18(15)25)22(26)27)14-9-4-3-8-13(14)16(24)11-23;1-4-6-13-7-5-8-15-17(13)27-19(20(21,18(15)23)22(24)25)14-9-10-16(26-3)12(2)11-14;1-3-5-13-6-4-7-15-16(13)25-18(14-10-8-12(2)9-11-14)19(20,17(15)22)21(23)24;1-2-7-12-10-6-11-14-15(12)24-17(13-8-4-3-5-9-13)18(19,16(14)21)20(22)23/h2-8,10-15,23-24,29H,1,9,16H2;2-5,7-10,18-19,23,25H,1,6,11H2;4-5,7-11,18-19,23H,1,6H2,2-3H3;3-4,6-11,17-18,22H,1,5H2,2H3;2-6,8-11,16-17,21H,1,7H2/t23-,24-,26+;2*18-,19-,20+;17-,18-,19+;16-,17-,18+/m00000/s1. The van der Waals surface area contributed by atoms with Crippen molar-refractivity contribution in [1.29, 1.82) is 0 Å². The van der Waals surface area contributed by atoms with Gasteiger partial charge in [0.05, 0.1) is 37.3 Å². The molecule has 0 spiro atoms. The number of methoxy groups -OCH3 is 1. The third-order valence-electron chi connectivity index (χ3n) is 23.8. The Balaban J connectivity index is 0.000000156. The lowest BCUT2D eigenvalue weighted by Gasteiger charge is -2.38. The van der Waals surface area contributed by atoms with Crippen molar-refractivity contribution in [3.8, 4) is 34.5 Å². The molecule has 30 nitrogen and oxygen atoms in total. The number of nitro groups is 5. The molecule has 11 aromatic carbocycles. The number of esters is 1. The van der Waals surface area contributed by atoms with Crippen LogP contribution in [0.25, 0.3) is 0 Å². The van der Waals surface area contributed by atoms with Crippen LogP contribution in [0, 0.1) is 64.4 Å². The molecule has 11 aromatic rings. The molecule has 5 aliphatic heterocycles. The van der Waals surface area contributed by atoms with Gasteiger partial charge in [0.15, 0.2) is 36.3 Å². The van der Waals surface area contributed by atoms with E-state index in [-0.39, 0.29) is 51.5 Å². The van der Waals surface area contributed by atoms with Crippen LogP contribution in [0.1, 0.15) is 182 Å². The number of benzene rings is 11. The topological polar surface area (TPSA) is 436 Å². The molecular weight excluding hydrogens is 1880 g/mol. The molecule has 6 N–H and O–H groups in total. The molecule has 0 amide bonds. The maximum Gasteiger partial charge on any atom is 0.364 e. The van der Waals surface area contributed by atoms with Gasteiger partial charge >= 0.3 is 31.0 Å². The van der Waals surface area contributed by atoms with Crippen LogP contribution in [0.3, 0.4) is 0 Å². The van der Waals surface area contributed by atoms with E-state index in [1.165, 1.54) is 36.4 Å². The van der Waals surface area contributed by atoms with Crippen LogP contribution in [0.4, 0.5) is 0 Å². The molecule has 0 fully saturated rings. The zero-order valence-corrected chi connectivity index (χ0v) is 78.1. The summed E-state index contributed by atoms with van der Waals surface area (Å²) in [4.78, 5) is 69.4. The monoisotopic (exact) mass is 1980 g/mol. The zero-order valence-electron chi connectivity index (χ0n) is 74.3. The lowest BCUT2D eigenvalue weighted by Crippen LogP contribution is -2.50. The Kier molecular flexibility index (Phi) is 33.0. The van der Waals surface area contributed by atoms with Crippen molar-refractivity contribution in [3.63, 3.8) is 0 Å². The van der Waals surface area contributed by atoms with Gasteiger partial charge in [0, 0.05) is 61.2 Å². The number of aliphatic hydroxyl groups is 6. The quantitative estimate of drug-likeness (QED) is 0.00558. The zero-order chi connectivity index (χ0) is 100. The first kappa shape index (κ1) is 103. The Hall–Kier alpha value is -13.7. The Morgan fingerprint density at radius 2 is 0.638 bits per heavy atom. The van der Waals surface area contributed by atoms with Crippen molar-refractivity contribution in [1.82, 2.24) is 0 Å². The second kappa shape index (κ2) is 44.2. The minimum absolute atomic E-state index is 0.0235. The smallest absolute Gasteiger partial charge is 0.364 e. The Bertz CT molecular complexity index is 6440. The van der Waals surface area contributed by atoms with Gasteiger partial charge in [-0.2, -0.15) is 0 Å². The molecule has 138 heavy (non-hydrogen) atoms. The third kappa shape index (κ3) is 20.1. The normalized spacial score (nSPS) is 23.6. The first-order valence-corrected chi connectivity index (χ1v) is 44.7. The van der Waals surface area contributed by atoms with Crippen molar-refractivity contribution >= 4 is 69.8 Å². The summed E-state index contributed by atoms with van der Waals surface area (Å²) in [5.74, 6) is 1.13. The van der Waals surface area contributed by atoms with Gasteiger partial charge in [-0.05, 0) is 161 Å². The van der Waals surface area contributed by atoms with Gasteiger partial charge in [-0.25, -0.2) is 4.79 Å². The van der Waals surface area contributed by atoms with Crippen molar-refractivity contribution in [2.45, 2.75) is 139 Å². The van der Waals surface area contributed by atoms with Crippen LogP contribution in [-0.2, 0) is 43.4 Å². The fourth-order valence-electron chi connectivity index (χ4n) is 16.9. The Morgan fingerprint density at radius 1 is 0.362 bits per heavy atom. The molecule has 35 heteroatoms. The van der Waals surface area contributed by atoms with E-state index in [1.54, 1.807) is 183 Å². The Morgan fingerprint density at radius 3 is 0.957 bits per heavy atom. The summed E-state index contributed by atoms with van der Waals surface area (Å²) in [5, 5.41) is 123. The molecule has 5 aliphatic rings. The van der Waals surface area contributed by atoms with E-state index in [0.29, 0.717) is 99.6 Å². The number of aliphatic hydroxyl groups excluding tert-OH is 6. The second-order valence-electron chi connectivity index (χ2n) is 32.4. The van der Waals surface area contributed by atoms with Gasteiger partial charge in [-0.3, -0.25) is 55.4 Å². The summed E-state index contributed by atoms with van der Waals surface area (Å²) in [6.07, 6.45) is -3.56. The first-order chi connectivity index (χ1) is 66.0. The summed E-state index contributed by atoms with van der Waals surface area (Å²) in [6.45, 7) is 21.5. The molecule has 716 valence electrons. The van der Waals surface area contributed by atoms with Crippen LogP contribution in [0.2, 0.25) is 0 Å². The van der Waals surface area contributed by atoms with Crippen molar-refractivity contribution in [3.05, 3.63) is 468 Å². The molecule has 0 aliphatic carbocycles. The third-order valence-corrected chi connectivity index (χ3v) is 26.5. The molecule has 0 saturated carbocycles. The predicted molar refractivity (Wildman–Crippen MR) is 516 cm³/mol. The summed E-state index contributed by atoms with van der Waals surface area (Å²) in [7, 11) is 1.55. The number of ether oxygens (including phenoxy) is 7. The van der Waals surface area contributed by atoms with Gasteiger partial charge in [0.1, 0.15) is 47.7 Å². The summed E-state index contributed by atoms with van der Waals surface area (Å²) in [6, 6.07) is 67.5. The summed E-state index contributed by atoms with van der Waals surface area (Å²) < 4.78 is 40.8. The number of hydrogen-bond acceptors (Lipinski definition) is 25. The molecule has 0 bridgehead atoms. The number of rotatable bonds is 26. The average Bonchev–Trinajstić information content (AvgIpc) is 0.691. The van der Waals surface area contributed by atoms with Gasteiger partial charge in [-0.15, -0.1) is 32.9 Å². The van der Waals surface area contributed by atoms with Gasteiger partial charge in [-0.1, -0.05) is 260 Å². The van der Waals surface area contributed by atoms with Crippen molar-refractivity contribution in [2.24, 2.45) is 0 Å². The van der Waals surface area contributed by atoms with E-state index >= 15 is 0 Å². The number of hydrogen-bond donors (Lipinski definition) is 6. The molecule has 0 saturated heterocycles. The number of allylic oxidation sites excluding steroid dienone is 5. The van der Waals surface area contributed by atoms with Crippen LogP contribution < -0.4 is 28.4 Å². The molecular formula is C103H94Cl5N5O25. The van der Waals surface area contributed by atoms with Gasteiger partial charge in [0.25, 0.3) is 0 Å².